The number of rotatable bonds is 16. The number of anilines is 1. The van der Waals surface area contributed by atoms with Gasteiger partial charge in [-0.1, -0.05) is 42.5 Å². The first kappa shape index (κ1) is 34.7. The molecule has 0 aliphatic rings. The zero-order valence-electron chi connectivity index (χ0n) is 26.0. The van der Waals surface area contributed by atoms with Crippen LogP contribution in [0.1, 0.15) is 62.8 Å². The van der Waals surface area contributed by atoms with E-state index in [9.17, 15) is 34.1 Å². The van der Waals surface area contributed by atoms with Gasteiger partial charge in [0.2, 0.25) is 17.5 Å². The Morgan fingerprint density at radius 1 is 0.792 bits per heavy atom. The van der Waals surface area contributed by atoms with Gasteiger partial charge in [0.05, 0.1) is 10.5 Å². The highest BCUT2D eigenvalue weighted by Gasteiger charge is 2.20. The normalized spacial score (nSPS) is 11.1. The average molecular weight is 653 g/mol. The third-order valence-corrected chi connectivity index (χ3v) is 6.97. The molecule has 0 saturated carbocycles. The van der Waals surface area contributed by atoms with Gasteiger partial charge in [0, 0.05) is 41.8 Å². The van der Waals surface area contributed by atoms with Crippen molar-refractivity contribution in [2.75, 3.05) is 11.9 Å². The van der Waals surface area contributed by atoms with Crippen LogP contribution >= 0.6 is 0 Å². The summed E-state index contributed by atoms with van der Waals surface area (Å²) in [5, 5.41) is 13.5. The molecule has 4 aromatic rings. The van der Waals surface area contributed by atoms with E-state index in [2.05, 4.69) is 5.32 Å². The van der Waals surface area contributed by atoms with Crippen molar-refractivity contribution < 1.29 is 43.1 Å². The molecule has 4 rings (SSSR count). The van der Waals surface area contributed by atoms with Crippen molar-refractivity contribution in [1.29, 1.82) is 0 Å². The lowest BCUT2D eigenvalue weighted by Crippen LogP contribution is -2.24. The van der Waals surface area contributed by atoms with Crippen molar-refractivity contribution >= 4 is 40.8 Å². The van der Waals surface area contributed by atoms with Crippen LogP contribution in [0.2, 0.25) is 0 Å². The fourth-order valence-electron chi connectivity index (χ4n) is 4.40. The quantitative estimate of drug-likeness (QED) is 0.0643. The van der Waals surface area contributed by atoms with Gasteiger partial charge in [-0.3, -0.25) is 29.3 Å². The Morgan fingerprint density at radius 2 is 1.48 bits per heavy atom. The highest BCUT2D eigenvalue weighted by Crippen LogP contribution is 2.18. The van der Waals surface area contributed by atoms with Crippen molar-refractivity contribution in [3.63, 3.8) is 0 Å². The van der Waals surface area contributed by atoms with Crippen LogP contribution in [0, 0.1) is 10.1 Å². The minimum Gasteiger partial charge on any atom is -0.489 e. The molecule has 0 heterocycles. The average Bonchev–Trinajstić information content (AvgIpc) is 3.10. The lowest BCUT2D eigenvalue weighted by atomic mass is 10.1. The fraction of sp³-hybridized carbons (Fsp3) is 0.194. The lowest BCUT2D eigenvalue weighted by molar-refractivity contribution is -0.384. The Balaban J connectivity index is 1.14. The van der Waals surface area contributed by atoms with Crippen LogP contribution in [-0.2, 0) is 25.7 Å². The SMILES string of the molecule is CC(OC(=O)CCCC(=O)Nc1ccc(C(=O)OCC(=O)c2cccc([N+](=O)[O-])c2)cc1)C(=O)c1ccc(OCc2ccccc2)cc1. The summed E-state index contributed by atoms with van der Waals surface area (Å²) >= 11 is 0. The predicted octanol–water partition coefficient (Wildman–Crippen LogP) is 6.14. The second-order valence-corrected chi connectivity index (χ2v) is 10.6. The molecule has 0 bridgehead atoms. The van der Waals surface area contributed by atoms with Crippen molar-refractivity contribution in [2.45, 2.75) is 38.9 Å². The monoisotopic (exact) mass is 652 g/mol. The molecule has 0 saturated heterocycles. The van der Waals surface area contributed by atoms with Gasteiger partial charge in [-0.2, -0.15) is 0 Å². The number of benzene rings is 4. The molecule has 0 radical (unpaired) electrons. The number of nitrogens with one attached hydrogen (secondary N) is 1. The summed E-state index contributed by atoms with van der Waals surface area (Å²) in [5.74, 6) is -2.14. The minimum atomic E-state index is -1.01. The number of carbonyl (C=O) groups is 5. The molecule has 0 aromatic heterocycles. The second kappa shape index (κ2) is 16.9. The highest BCUT2D eigenvalue weighted by atomic mass is 16.6. The Labute approximate surface area is 275 Å². The van der Waals surface area contributed by atoms with Crippen LogP contribution in [0.4, 0.5) is 11.4 Å². The molecular weight excluding hydrogens is 620 g/mol. The van der Waals surface area contributed by atoms with E-state index in [1.165, 1.54) is 49.4 Å². The summed E-state index contributed by atoms with van der Waals surface area (Å²) in [6.45, 7) is 1.27. The molecule has 0 spiro atoms. The number of amides is 1. The van der Waals surface area contributed by atoms with Gasteiger partial charge >= 0.3 is 11.9 Å². The largest absolute Gasteiger partial charge is 0.489 e. The Bertz CT molecular complexity index is 1770. The molecule has 1 unspecified atom stereocenters. The van der Waals surface area contributed by atoms with Gasteiger partial charge in [-0.05, 0) is 67.4 Å². The van der Waals surface area contributed by atoms with Gasteiger partial charge in [0.25, 0.3) is 5.69 Å². The van der Waals surface area contributed by atoms with E-state index in [1.807, 2.05) is 30.3 Å². The molecule has 0 aliphatic carbocycles. The standard InChI is InChI=1S/C36H32N2O10/c1-24(35(42)26-15-19-31(20-16-26)46-22-25-7-3-2-4-8-25)48-34(41)12-6-11-33(40)37-29-17-13-27(14-18-29)36(43)47-23-32(39)28-9-5-10-30(21-28)38(44)45/h2-5,7-10,13-21,24H,6,11-12,22-23H2,1H3,(H,37,40). The summed E-state index contributed by atoms with van der Waals surface area (Å²) in [5.41, 5.74) is 1.69. The van der Waals surface area contributed by atoms with Crippen LogP contribution < -0.4 is 10.1 Å². The molecule has 1 atom stereocenters. The number of Topliss-reactive ketones (excluding diaryl/α,β-unsaturated/α-hetero) is 2. The van der Waals surface area contributed by atoms with Gasteiger partial charge in [-0.25, -0.2) is 4.79 Å². The summed E-state index contributed by atoms with van der Waals surface area (Å²) < 4.78 is 16.0. The van der Waals surface area contributed by atoms with Crippen LogP contribution in [-0.4, -0.2) is 47.0 Å². The zero-order valence-corrected chi connectivity index (χ0v) is 26.0. The first-order valence-electron chi connectivity index (χ1n) is 14.9. The van der Waals surface area contributed by atoms with Gasteiger partial charge in [0.1, 0.15) is 12.4 Å². The van der Waals surface area contributed by atoms with Crippen molar-refractivity contribution in [1.82, 2.24) is 0 Å². The van der Waals surface area contributed by atoms with E-state index in [0.29, 0.717) is 23.6 Å². The summed E-state index contributed by atoms with van der Waals surface area (Å²) in [7, 11) is 0. The maximum atomic E-state index is 12.7. The van der Waals surface area contributed by atoms with Gasteiger partial charge in [-0.15, -0.1) is 0 Å². The number of nitro groups is 1. The Hall–Kier alpha value is -6.17. The molecule has 12 nitrogen and oxygen atoms in total. The summed E-state index contributed by atoms with van der Waals surface area (Å²) in [4.78, 5) is 72.3. The minimum absolute atomic E-state index is 0.00538. The number of ketones is 2. The summed E-state index contributed by atoms with van der Waals surface area (Å²) in [6.07, 6.45) is -0.893. The molecule has 12 heteroatoms. The number of nitrogens with zero attached hydrogens (tertiary/aromatic N) is 1. The van der Waals surface area contributed by atoms with E-state index in [1.54, 1.807) is 24.3 Å². The number of hydrogen-bond donors (Lipinski definition) is 1. The topological polar surface area (TPSA) is 168 Å². The maximum absolute atomic E-state index is 12.7. The molecule has 0 fully saturated rings. The number of hydrogen-bond acceptors (Lipinski definition) is 10. The Morgan fingerprint density at radius 3 is 2.17 bits per heavy atom. The Kier molecular flexibility index (Phi) is 12.2. The molecule has 1 N–H and O–H groups in total. The number of esters is 2. The van der Waals surface area contributed by atoms with Gasteiger partial charge in [0.15, 0.2) is 12.7 Å². The van der Waals surface area contributed by atoms with Crippen LogP contribution in [0.5, 0.6) is 5.75 Å². The van der Waals surface area contributed by atoms with E-state index in [0.717, 1.165) is 11.6 Å². The smallest absolute Gasteiger partial charge is 0.338 e. The fourth-order valence-corrected chi connectivity index (χ4v) is 4.40. The molecule has 48 heavy (non-hydrogen) atoms. The van der Waals surface area contributed by atoms with Crippen LogP contribution in [0.15, 0.2) is 103 Å². The third-order valence-electron chi connectivity index (χ3n) is 6.97. The van der Waals surface area contributed by atoms with Crippen LogP contribution in [0.3, 0.4) is 0 Å². The molecular formula is C36H32N2O10. The second-order valence-electron chi connectivity index (χ2n) is 10.6. The van der Waals surface area contributed by atoms with Crippen molar-refractivity contribution in [2.24, 2.45) is 0 Å². The van der Waals surface area contributed by atoms with E-state index in [4.69, 9.17) is 14.2 Å². The number of non-ortho nitro benzene ring substituents is 1. The number of ether oxygens (including phenoxy) is 3. The predicted molar refractivity (Wildman–Crippen MR) is 174 cm³/mol. The molecule has 4 aromatic carbocycles. The maximum Gasteiger partial charge on any atom is 0.338 e. The number of carbonyl (C=O) groups excluding carboxylic acids is 5. The van der Waals surface area contributed by atoms with E-state index >= 15 is 0 Å². The molecule has 0 aliphatic heterocycles. The first-order chi connectivity index (χ1) is 23.1. The lowest BCUT2D eigenvalue weighted by Gasteiger charge is -2.13. The summed E-state index contributed by atoms with van der Waals surface area (Å²) in [6, 6.07) is 27.1. The molecule has 1 amide bonds. The van der Waals surface area contributed by atoms with Gasteiger partial charge < -0.3 is 19.5 Å². The third kappa shape index (κ3) is 10.4. The zero-order chi connectivity index (χ0) is 34.5. The van der Waals surface area contributed by atoms with E-state index < -0.39 is 35.4 Å². The van der Waals surface area contributed by atoms with E-state index in [-0.39, 0.29) is 47.8 Å². The van der Waals surface area contributed by atoms with Crippen molar-refractivity contribution in [3.8, 4) is 5.75 Å². The highest BCUT2D eigenvalue weighted by molar-refractivity contribution is 6.01. The van der Waals surface area contributed by atoms with Crippen molar-refractivity contribution in [3.05, 3.63) is 135 Å². The molecule has 246 valence electrons. The number of nitro benzene ring substituents is 1. The van der Waals surface area contributed by atoms with Crippen LogP contribution in [0.25, 0.3) is 0 Å². The first-order valence-corrected chi connectivity index (χ1v) is 14.9.